The lowest BCUT2D eigenvalue weighted by atomic mass is 10.1. The van der Waals surface area contributed by atoms with Crippen LogP contribution in [-0.2, 0) is 55.8 Å². The number of hydrogen-bond acceptors (Lipinski definition) is 14. The molecular formula is C71H124O16P2. The summed E-state index contributed by atoms with van der Waals surface area (Å²) in [6, 6.07) is 0. The topological polar surface area (TPSA) is 231 Å². The normalized spacial score (nSPS) is 14.8. The van der Waals surface area contributed by atoms with Crippen molar-refractivity contribution < 1.29 is 75.8 Å². The highest BCUT2D eigenvalue weighted by atomic mass is 31.2. The van der Waals surface area contributed by atoms with Gasteiger partial charge in [-0.2, -0.15) is 0 Å². The minimum absolute atomic E-state index is 0.0938. The van der Waals surface area contributed by atoms with Crippen molar-refractivity contribution in [2.45, 2.75) is 296 Å². The van der Waals surface area contributed by atoms with Gasteiger partial charge in [-0.05, 0) is 122 Å². The second-order valence-electron chi connectivity index (χ2n) is 22.9. The van der Waals surface area contributed by atoms with E-state index in [0.717, 1.165) is 148 Å². The predicted octanol–water partition coefficient (Wildman–Crippen LogP) is 19.1. The molecule has 0 saturated carbocycles. The molecule has 0 aromatic heterocycles. The van der Waals surface area contributed by atoms with Gasteiger partial charge in [0.1, 0.15) is 25.4 Å². The van der Waals surface area contributed by atoms with E-state index in [1.54, 1.807) is 0 Å². The summed E-state index contributed by atoms with van der Waals surface area (Å²) in [5, 5.41) is 20.5. The van der Waals surface area contributed by atoms with Crippen LogP contribution in [0.2, 0.25) is 0 Å². The quantitative estimate of drug-likeness (QED) is 0.0146. The van der Waals surface area contributed by atoms with Crippen molar-refractivity contribution in [2.75, 3.05) is 39.6 Å². The molecule has 4 N–H and O–H groups in total. The summed E-state index contributed by atoms with van der Waals surface area (Å²) in [6.07, 6.45) is 70.4. The molecule has 0 bridgehead atoms. The van der Waals surface area contributed by atoms with Crippen LogP contribution in [0.25, 0.3) is 0 Å². The van der Waals surface area contributed by atoms with Crippen LogP contribution in [0.5, 0.6) is 0 Å². The molecule has 0 aliphatic heterocycles. The van der Waals surface area contributed by atoms with Crippen molar-refractivity contribution in [3.8, 4) is 0 Å². The molecule has 0 aromatic carbocycles. The number of rotatable bonds is 65. The molecule has 0 spiro atoms. The Labute approximate surface area is 539 Å². The van der Waals surface area contributed by atoms with Crippen molar-refractivity contribution in [2.24, 2.45) is 0 Å². The number of carbonyl (C=O) groups excluding carboxylic acids is 3. The molecule has 0 radical (unpaired) electrons. The summed E-state index contributed by atoms with van der Waals surface area (Å²) >= 11 is 0. The van der Waals surface area contributed by atoms with E-state index >= 15 is 0 Å². The van der Waals surface area contributed by atoms with Crippen LogP contribution in [0.4, 0.5) is 0 Å². The number of allylic oxidation sites excluding steroid dienone is 16. The van der Waals surface area contributed by atoms with Gasteiger partial charge in [0.2, 0.25) is 0 Å². The van der Waals surface area contributed by atoms with Crippen LogP contribution >= 0.6 is 15.6 Å². The van der Waals surface area contributed by atoms with Crippen LogP contribution in [0.15, 0.2) is 97.2 Å². The van der Waals surface area contributed by atoms with Crippen molar-refractivity contribution in [3.63, 3.8) is 0 Å². The Balaban J connectivity index is 4.49. The number of aliphatic hydroxyl groups is 2. The summed E-state index contributed by atoms with van der Waals surface area (Å²) in [5.41, 5.74) is 0. The number of ether oxygens (including phenoxy) is 3. The molecule has 0 aromatic rings. The number of phosphoric acid groups is 2. The molecule has 16 nitrogen and oxygen atoms in total. The Bertz CT molecular complexity index is 2010. The molecule has 5 unspecified atom stereocenters. The summed E-state index contributed by atoms with van der Waals surface area (Å²) in [7, 11) is -9.77. The fraction of sp³-hybridized carbons (Fsp3) is 0.732. The first-order valence-electron chi connectivity index (χ1n) is 34.5. The largest absolute Gasteiger partial charge is 0.472 e. The van der Waals surface area contributed by atoms with Crippen LogP contribution in [0, 0.1) is 0 Å². The van der Waals surface area contributed by atoms with E-state index in [-0.39, 0.29) is 19.3 Å². The molecule has 0 saturated heterocycles. The molecule has 5 atom stereocenters. The van der Waals surface area contributed by atoms with E-state index in [2.05, 4.69) is 118 Å². The molecule has 0 rings (SSSR count). The first-order valence-corrected chi connectivity index (χ1v) is 37.5. The third kappa shape index (κ3) is 65.8. The molecule has 0 fully saturated rings. The van der Waals surface area contributed by atoms with E-state index in [1.807, 2.05) is 0 Å². The summed E-state index contributed by atoms with van der Waals surface area (Å²) in [4.78, 5) is 58.3. The number of unbranched alkanes of at least 4 members (excludes halogenated alkanes) is 26. The van der Waals surface area contributed by atoms with Gasteiger partial charge in [0.25, 0.3) is 0 Å². The van der Waals surface area contributed by atoms with Crippen molar-refractivity contribution in [1.82, 2.24) is 0 Å². The molecular weight excluding hydrogens is 1170 g/mol. The number of phosphoric ester groups is 2. The number of aliphatic hydroxyl groups excluding tert-OH is 2. The van der Waals surface area contributed by atoms with Gasteiger partial charge >= 0.3 is 33.6 Å². The second kappa shape index (κ2) is 64.6. The van der Waals surface area contributed by atoms with Gasteiger partial charge in [0.15, 0.2) is 6.10 Å². The van der Waals surface area contributed by atoms with Gasteiger partial charge in [-0.3, -0.25) is 32.5 Å². The first-order chi connectivity index (χ1) is 43.2. The SMILES string of the molecule is CC/C=C\C/C=C\C/C=C\C/C=C\C/C=C\C/C=C\CCCCCCCCCCC(=O)OCC(O)COP(=O)(O)OCC(O)COP(=O)(O)OCC(COC(=O)CCCCCCC/C=C\CCCCCC)OC(=O)CCCCCCC/C=C\CCCCCC. The van der Waals surface area contributed by atoms with E-state index in [4.69, 9.17) is 32.3 Å². The Morgan fingerprint density at radius 2 is 0.596 bits per heavy atom. The van der Waals surface area contributed by atoms with Gasteiger partial charge in [0.05, 0.1) is 26.4 Å². The molecule has 89 heavy (non-hydrogen) atoms. The number of hydrogen-bond donors (Lipinski definition) is 4. The van der Waals surface area contributed by atoms with E-state index in [0.29, 0.717) is 19.3 Å². The lowest BCUT2D eigenvalue weighted by Gasteiger charge is -2.21. The Morgan fingerprint density at radius 3 is 0.955 bits per heavy atom. The minimum Gasteiger partial charge on any atom is -0.463 e. The van der Waals surface area contributed by atoms with Crippen LogP contribution in [0.1, 0.15) is 278 Å². The first kappa shape index (κ1) is 85.5. The Kier molecular flexibility index (Phi) is 62.0. The molecule has 0 aliphatic rings. The lowest BCUT2D eigenvalue weighted by Crippen LogP contribution is -2.30. The predicted molar refractivity (Wildman–Crippen MR) is 362 cm³/mol. The maximum Gasteiger partial charge on any atom is 0.472 e. The van der Waals surface area contributed by atoms with Crippen LogP contribution in [-0.4, -0.2) is 95.9 Å². The highest BCUT2D eigenvalue weighted by Crippen LogP contribution is 2.45. The standard InChI is InChI=1S/C71H124O16P2/c1-4-7-10-13-16-19-22-25-26-27-28-29-30-31-32-33-34-35-36-37-38-41-43-45-48-51-54-57-69(74)81-60-66(72)61-83-88(77,78)84-62-67(73)63-85-89(79,80)86-65-68(87-71(76)59-56-53-50-47-44-40-24-21-18-15-12-9-6-3)64-82-70(75)58-55-52-49-46-42-39-23-20-17-14-11-8-5-2/h7,10,16,19-21,23-26,28-29,31-32,34-35,66-68,72-73H,4-6,8-9,11-15,17-18,22,27,30,33,36-65H2,1-3H3,(H,77,78)(H,79,80)/b10-7-,19-16-,23-20-,24-21-,26-25-,29-28-,32-31-,35-34-. The van der Waals surface area contributed by atoms with E-state index in [9.17, 15) is 43.5 Å². The van der Waals surface area contributed by atoms with Gasteiger partial charge in [-0.15, -0.1) is 0 Å². The molecule has 0 aliphatic carbocycles. The van der Waals surface area contributed by atoms with Gasteiger partial charge < -0.3 is 34.2 Å². The fourth-order valence-corrected chi connectivity index (χ4v) is 10.6. The maximum absolute atomic E-state index is 12.9. The Hall–Kier alpha value is -3.53. The molecule has 18 heteroatoms. The smallest absolute Gasteiger partial charge is 0.463 e. The van der Waals surface area contributed by atoms with Crippen molar-refractivity contribution >= 4 is 33.6 Å². The monoisotopic (exact) mass is 1290 g/mol. The average molecular weight is 1300 g/mol. The van der Waals surface area contributed by atoms with E-state index in [1.165, 1.54) is 70.6 Å². The average Bonchev–Trinajstić information content (AvgIpc) is 3.55. The Morgan fingerprint density at radius 1 is 0.326 bits per heavy atom. The third-order valence-electron chi connectivity index (χ3n) is 14.3. The minimum atomic E-state index is -4.92. The highest BCUT2D eigenvalue weighted by molar-refractivity contribution is 7.47. The van der Waals surface area contributed by atoms with E-state index < -0.39 is 91.5 Å². The zero-order chi connectivity index (χ0) is 65.3. The van der Waals surface area contributed by atoms with Gasteiger partial charge in [-0.25, -0.2) is 9.13 Å². The highest BCUT2D eigenvalue weighted by Gasteiger charge is 2.29. The summed E-state index contributed by atoms with van der Waals surface area (Å²) in [6.45, 7) is 2.49. The zero-order valence-corrected chi connectivity index (χ0v) is 57.4. The summed E-state index contributed by atoms with van der Waals surface area (Å²) < 4.78 is 60.8. The summed E-state index contributed by atoms with van der Waals surface area (Å²) in [5.74, 6) is -1.60. The van der Waals surface area contributed by atoms with Crippen LogP contribution in [0.3, 0.4) is 0 Å². The number of carbonyl (C=O) groups is 3. The van der Waals surface area contributed by atoms with Gasteiger partial charge in [0, 0.05) is 19.3 Å². The zero-order valence-electron chi connectivity index (χ0n) is 55.6. The van der Waals surface area contributed by atoms with Crippen molar-refractivity contribution in [3.05, 3.63) is 97.2 Å². The third-order valence-corrected chi connectivity index (χ3v) is 16.2. The molecule has 0 heterocycles. The maximum atomic E-state index is 12.9. The second-order valence-corrected chi connectivity index (χ2v) is 25.8. The lowest BCUT2D eigenvalue weighted by molar-refractivity contribution is -0.161. The van der Waals surface area contributed by atoms with Gasteiger partial charge in [-0.1, -0.05) is 234 Å². The fourth-order valence-electron chi connectivity index (χ4n) is 8.97. The van der Waals surface area contributed by atoms with Crippen LogP contribution < -0.4 is 0 Å². The molecule has 514 valence electrons. The number of esters is 3. The molecule has 0 amide bonds. The van der Waals surface area contributed by atoms with Crippen molar-refractivity contribution in [1.29, 1.82) is 0 Å².